The van der Waals surface area contributed by atoms with E-state index in [-0.39, 0.29) is 6.10 Å². The molecule has 0 unspecified atom stereocenters. The summed E-state index contributed by atoms with van der Waals surface area (Å²) in [6.45, 7) is 5.47. The standard InChI is InChI=1S/C11H12O2/c1-3-9(2)13-11-7-5-4-6-10(11)8-12/h3-9H,1H2,2H3/t9-/m0/s1. The monoisotopic (exact) mass is 176 g/mol. The molecule has 0 saturated heterocycles. The summed E-state index contributed by atoms with van der Waals surface area (Å²) in [5.41, 5.74) is 0.566. The molecule has 0 aliphatic heterocycles. The summed E-state index contributed by atoms with van der Waals surface area (Å²) in [5, 5.41) is 0. The van der Waals surface area contributed by atoms with Crippen LogP contribution in [0.3, 0.4) is 0 Å². The molecule has 0 saturated carbocycles. The second-order valence-corrected chi connectivity index (χ2v) is 2.71. The van der Waals surface area contributed by atoms with Gasteiger partial charge in [-0.2, -0.15) is 0 Å². The maximum Gasteiger partial charge on any atom is 0.153 e. The van der Waals surface area contributed by atoms with Gasteiger partial charge in [-0.3, -0.25) is 4.79 Å². The first kappa shape index (κ1) is 9.52. The zero-order valence-electron chi connectivity index (χ0n) is 7.57. The zero-order chi connectivity index (χ0) is 9.68. The van der Waals surface area contributed by atoms with E-state index in [2.05, 4.69) is 6.58 Å². The number of benzene rings is 1. The number of ether oxygens (including phenoxy) is 1. The van der Waals surface area contributed by atoms with Gasteiger partial charge in [-0.1, -0.05) is 24.8 Å². The van der Waals surface area contributed by atoms with Crippen molar-refractivity contribution in [1.82, 2.24) is 0 Å². The van der Waals surface area contributed by atoms with Crippen LogP contribution in [0.4, 0.5) is 0 Å². The first-order valence-electron chi connectivity index (χ1n) is 4.11. The van der Waals surface area contributed by atoms with Gasteiger partial charge in [0.15, 0.2) is 6.29 Å². The van der Waals surface area contributed by atoms with Crippen LogP contribution < -0.4 is 4.74 Å². The lowest BCUT2D eigenvalue weighted by molar-refractivity contribution is 0.111. The Hall–Kier alpha value is -1.57. The quantitative estimate of drug-likeness (QED) is 0.520. The summed E-state index contributed by atoms with van der Waals surface area (Å²) in [6, 6.07) is 7.12. The van der Waals surface area contributed by atoms with Crippen molar-refractivity contribution in [3.63, 3.8) is 0 Å². The van der Waals surface area contributed by atoms with E-state index in [0.717, 1.165) is 6.29 Å². The van der Waals surface area contributed by atoms with Gasteiger partial charge in [0.1, 0.15) is 11.9 Å². The first-order valence-corrected chi connectivity index (χ1v) is 4.11. The lowest BCUT2D eigenvalue weighted by atomic mass is 10.2. The molecule has 0 aliphatic rings. The Balaban J connectivity index is 2.86. The second kappa shape index (κ2) is 4.45. The van der Waals surface area contributed by atoms with Gasteiger partial charge in [0.05, 0.1) is 5.56 Å². The molecule has 0 amide bonds. The van der Waals surface area contributed by atoms with Crippen LogP contribution in [0, 0.1) is 0 Å². The van der Waals surface area contributed by atoms with Crippen LogP contribution in [0.2, 0.25) is 0 Å². The van der Waals surface area contributed by atoms with Crippen molar-refractivity contribution in [2.45, 2.75) is 13.0 Å². The van der Waals surface area contributed by atoms with E-state index < -0.39 is 0 Å². The van der Waals surface area contributed by atoms with E-state index in [1.807, 2.05) is 13.0 Å². The molecule has 1 aromatic carbocycles. The minimum atomic E-state index is -0.0823. The van der Waals surface area contributed by atoms with Gasteiger partial charge >= 0.3 is 0 Å². The molecule has 0 radical (unpaired) electrons. The van der Waals surface area contributed by atoms with Crippen LogP contribution in [-0.2, 0) is 0 Å². The third kappa shape index (κ3) is 2.44. The van der Waals surface area contributed by atoms with E-state index in [9.17, 15) is 4.79 Å². The van der Waals surface area contributed by atoms with Crippen LogP contribution in [-0.4, -0.2) is 12.4 Å². The Morgan fingerprint density at radius 2 is 2.15 bits per heavy atom. The van der Waals surface area contributed by atoms with Gasteiger partial charge in [0.2, 0.25) is 0 Å². The molecule has 2 heteroatoms. The molecule has 68 valence electrons. The molecule has 0 bridgehead atoms. The lowest BCUT2D eigenvalue weighted by Gasteiger charge is -2.11. The predicted octanol–water partition coefficient (Wildman–Crippen LogP) is 2.45. The molecular formula is C11H12O2. The topological polar surface area (TPSA) is 26.3 Å². The maximum absolute atomic E-state index is 10.6. The molecule has 0 spiro atoms. The minimum absolute atomic E-state index is 0.0823. The predicted molar refractivity (Wildman–Crippen MR) is 52.1 cm³/mol. The maximum atomic E-state index is 10.6. The summed E-state index contributed by atoms with van der Waals surface area (Å²) in [7, 11) is 0. The fourth-order valence-electron chi connectivity index (χ4n) is 0.934. The Morgan fingerprint density at radius 3 is 2.77 bits per heavy atom. The van der Waals surface area contributed by atoms with Crippen LogP contribution in [0.1, 0.15) is 17.3 Å². The highest BCUT2D eigenvalue weighted by molar-refractivity contribution is 5.79. The van der Waals surface area contributed by atoms with E-state index in [0.29, 0.717) is 11.3 Å². The highest BCUT2D eigenvalue weighted by Gasteiger charge is 2.03. The third-order valence-corrected chi connectivity index (χ3v) is 1.69. The molecule has 1 aromatic rings. The van der Waals surface area contributed by atoms with Crippen molar-refractivity contribution in [3.8, 4) is 5.75 Å². The largest absolute Gasteiger partial charge is 0.486 e. The second-order valence-electron chi connectivity index (χ2n) is 2.71. The summed E-state index contributed by atoms with van der Waals surface area (Å²) >= 11 is 0. The average Bonchev–Trinajstić information content (AvgIpc) is 2.18. The minimum Gasteiger partial charge on any atom is -0.486 e. The van der Waals surface area contributed by atoms with E-state index in [1.54, 1.807) is 24.3 Å². The fraction of sp³-hybridized carbons (Fsp3) is 0.182. The Kier molecular flexibility index (Phi) is 3.26. The number of aldehydes is 1. The summed E-state index contributed by atoms with van der Waals surface area (Å²) < 4.78 is 5.44. The lowest BCUT2D eigenvalue weighted by Crippen LogP contribution is -2.08. The summed E-state index contributed by atoms with van der Waals surface area (Å²) in [6.07, 6.45) is 2.38. The number of carbonyl (C=O) groups excluding carboxylic acids is 1. The number of hydrogen-bond donors (Lipinski definition) is 0. The smallest absolute Gasteiger partial charge is 0.153 e. The normalized spacial score (nSPS) is 11.8. The van der Waals surface area contributed by atoms with Crippen LogP contribution in [0.15, 0.2) is 36.9 Å². The fourth-order valence-corrected chi connectivity index (χ4v) is 0.934. The van der Waals surface area contributed by atoms with Crippen molar-refractivity contribution >= 4 is 6.29 Å². The average molecular weight is 176 g/mol. The van der Waals surface area contributed by atoms with Gasteiger partial charge in [-0.15, -0.1) is 0 Å². The van der Waals surface area contributed by atoms with Gasteiger partial charge in [0, 0.05) is 0 Å². The number of carbonyl (C=O) groups is 1. The van der Waals surface area contributed by atoms with Crippen molar-refractivity contribution in [2.24, 2.45) is 0 Å². The molecule has 0 heterocycles. The third-order valence-electron chi connectivity index (χ3n) is 1.69. The van der Waals surface area contributed by atoms with Gasteiger partial charge in [0.25, 0.3) is 0 Å². The molecule has 0 N–H and O–H groups in total. The Labute approximate surface area is 77.8 Å². The highest BCUT2D eigenvalue weighted by atomic mass is 16.5. The van der Waals surface area contributed by atoms with Crippen molar-refractivity contribution in [3.05, 3.63) is 42.5 Å². The number of rotatable bonds is 4. The Morgan fingerprint density at radius 1 is 1.46 bits per heavy atom. The number of para-hydroxylation sites is 1. The van der Waals surface area contributed by atoms with E-state index in [1.165, 1.54) is 0 Å². The molecule has 1 atom stereocenters. The highest BCUT2D eigenvalue weighted by Crippen LogP contribution is 2.17. The van der Waals surface area contributed by atoms with Crippen LogP contribution >= 0.6 is 0 Å². The molecule has 13 heavy (non-hydrogen) atoms. The van der Waals surface area contributed by atoms with Gasteiger partial charge in [-0.05, 0) is 19.1 Å². The summed E-state index contributed by atoms with van der Waals surface area (Å²) in [5.74, 6) is 0.602. The Bertz CT molecular complexity index is 305. The van der Waals surface area contributed by atoms with Gasteiger partial charge < -0.3 is 4.74 Å². The van der Waals surface area contributed by atoms with Gasteiger partial charge in [-0.25, -0.2) is 0 Å². The van der Waals surface area contributed by atoms with E-state index >= 15 is 0 Å². The van der Waals surface area contributed by atoms with Crippen LogP contribution in [0.25, 0.3) is 0 Å². The van der Waals surface area contributed by atoms with Crippen molar-refractivity contribution < 1.29 is 9.53 Å². The summed E-state index contributed by atoms with van der Waals surface area (Å²) in [4.78, 5) is 10.6. The molecule has 0 fully saturated rings. The molecule has 0 aromatic heterocycles. The molecular weight excluding hydrogens is 164 g/mol. The first-order chi connectivity index (χ1) is 6.27. The van der Waals surface area contributed by atoms with Crippen molar-refractivity contribution in [1.29, 1.82) is 0 Å². The van der Waals surface area contributed by atoms with E-state index in [4.69, 9.17) is 4.74 Å². The molecule has 2 nitrogen and oxygen atoms in total. The number of hydrogen-bond acceptors (Lipinski definition) is 2. The van der Waals surface area contributed by atoms with Crippen molar-refractivity contribution in [2.75, 3.05) is 0 Å². The SMILES string of the molecule is C=C[C@H](C)Oc1ccccc1C=O. The molecule has 0 aliphatic carbocycles. The molecule has 1 rings (SSSR count). The zero-order valence-corrected chi connectivity index (χ0v) is 7.57. The van der Waals surface area contributed by atoms with Crippen LogP contribution in [0.5, 0.6) is 5.75 Å².